The van der Waals surface area contributed by atoms with Crippen LogP contribution in [0.5, 0.6) is 0 Å². The third kappa shape index (κ3) is 5.89. The number of rotatable bonds is 9. The van der Waals surface area contributed by atoms with Crippen LogP contribution in [0, 0.1) is 5.92 Å². The number of nitrogens with two attached hydrogens (primary N) is 1. The Morgan fingerprint density at radius 1 is 0.853 bits per heavy atom. The van der Waals surface area contributed by atoms with Gasteiger partial charge in [0.2, 0.25) is 0 Å². The van der Waals surface area contributed by atoms with Crippen LogP contribution in [-0.2, 0) is 22.6 Å². The van der Waals surface area contributed by atoms with Gasteiger partial charge in [-0.05, 0) is 33.9 Å². The molecule has 1 fully saturated rings. The molecule has 4 N–H and O–H groups in total. The van der Waals surface area contributed by atoms with Gasteiger partial charge in [0.25, 0.3) is 0 Å². The van der Waals surface area contributed by atoms with E-state index in [0.717, 1.165) is 39.1 Å². The van der Waals surface area contributed by atoms with E-state index in [0.29, 0.717) is 12.3 Å². The summed E-state index contributed by atoms with van der Waals surface area (Å²) < 4.78 is 12.9. The number of hydrogen-bond acceptors (Lipinski definition) is 6. The highest BCUT2D eigenvalue weighted by Crippen LogP contribution is 2.42. The molecule has 180 valence electrons. The topological polar surface area (TPSA) is 84.9 Å². The molecule has 0 aromatic heterocycles. The Balaban J connectivity index is 1.57. The van der Waals surface area contributed by atoms with E-state index in [2.05, 4.69) is 43.3 Å². The van der Waals surface area contributed by atoms with Gasteiger partial charge in [0.05, 0.1) is 25.4 Å². The molecule has 1 heterocycles. The number of hydrogen-bond donors (Lipinski definition) is 3. The van der Waals surface area contributed by atoms with Crippen LogP contribution in [0.15, 0.2) is 72.8 Å². The summed E-state index contributed by atoms with van der Waals surface area (Å²) in [7, 11) is 0. The molecule has 6 heteroatoms. The van der Waals surface area contributed by atoms with Crippen LogP contribution in [0.1, 0.15) is 41.6 Å². The number of aliphatic hydroxyl groups is 2. The molecule has 1 aliphatic rings. The monoisotopic (exact) mass is 479 g/mol. The fraction of sp³-hybridized carbons (Fsp3) is 0.357. The zero-order valence-electron chi connectivity index (χ0n) is 19.5. The van der Waals surface area contributed by atoms with Crippen molar-refractivity contribution in [2.45, 2.75) is 38.6 Å². The predicted molar refractivity (Wildman–Crippen MR) is 137 cm³/mol. The van der Waals surface area contributed by atoms with Gasteiger partial charge in [-0.3, -0.25) is 0 Å². The minimum Gasteiger partial charge on any atom is -0.396 e. The maximum atomic E-state index is 9.40. The molecule has 0 saturated carbocycles. The summed E-state index contributed by atoms with van der Waals surface area (Å²) in [5.74, 6) is 1.61. The van der Waals surface area contributed by atoms with Crippen LogP contribution in [0.4, 0.5) is 0 Å². The number of ether oxygens (including phenoxy) is 2. The first-order valence-corrected chi connectivity index (χ1v) is 12.9. The minimum absolute atomic E-state index is 0.0151. The van der Waals surface area contributed by atoms with Gasteiger partial charge < -0.3 is 25.4 Å². The van der Waals surface area contributed by atoms with Gasteiger partial charge in [0, 0.05) is 29.5 Å². The molecule has 0 unspecified atom stereocenters. The Bertz CT molecular complexity index is 1040. The first-order chi connectivity index (χ1) is 16.6. The largest absolute Gasteiger partial charge is 0.396 e. The maximum Gasteiger partial charge on any atom is 0.184 e. The van der Waals surface area contributed by atoms with Crippen molar-refractivity contribution in [1.82, 2.24) is 0 Å². The smallest absolute Gasteiger partial charge is 0.184 e. The number of thioether (sulfide) groups is 1. The number of benzene rings is 3. The highest BCUT2D eigenvalue weighted by molar-refractivity contribution is 7.99. The van der Waals surface area contributed by atoms with E-state index in [4.69, 9.17) is 15.2 Å². The lowest BCUT2D eigenvalue weighted by molar-refractivity contribution is -0.268. The van der Waals surface area contributed by atoms with E-state index >= 15 is 0 Å². The van der Waals surface area contributed by atoms with E-state index < -0.39 is 6.29 Å². The molecule has 34 heavy (non-hydrogen) atoms. The van der Waals surface area contributed by atoms with Gasteiger partial charge in [-0.15, -0.1) is 0 Å². The Kier molecular flexibility index (Phi) is 8.78. The zero-order chi connectivity index (χ0) is 23.9. The maximum absolute atomic E-state index is 9.40. The van der Waals surface area contributed by atoms with Crippen molar-refractivity contribution < 1.29 is 19.7 Å². The second-order valence-electron chi connectivity index (χ2n) is 8.65. The molecular formula is C28H33NO4S. The van der Waals surface area contributed by atoms with Gasteiger partial charge in [0.1, 0.15) is 0 Å². The third-order valence-corrected chi connectivity index (χ3v) is 7.36. The quantitative estimate of drug-likeness (QED) is 0.382. The SMILES string of the molecule is C[C@@H]1[C@H](CSCCO)O[C@H](c2ccc(-c3cccc(CN)c3)cc2)O[C@@H]1c1ccc(CO)cc1. The van der Waals surface area contributed by atoms with Crippen molar-refractivity contribution in [3.8, 4) is 11.1 Å². The molecule has 0 bridgehead atoms. The van der Waals surface area contributed by atoms with E-state index in [-0.39, 0.29) is 31.3 Å². The third-order valence-electron chi connectivity index (χ3n) is 6.32. The standard InChI is InChI=1S/C28H33NO4S/c1-19-26(18-34-14-13-30)32-28(33-27(19)23-7-5-20(17-31)6-8-23)24-11-9-22(10-12-24)25-4-2-3-21(15-25)16-29/h2-12,15,19,26-28,30-31H,13-14,16-18,29H2,1H3/t19-,26+,27+,28+/m1/s1. The first kappa shape index (κ1) is 24.9. The van der Waals surface area contributed by atoms with Gasteiger partial charge in [-0.1, -0.05) is 73.7 Å². The van der Waals surface area contributed by atoms with Gasteiger partial charge in [-0.25, -0.2) is 0 Å². The summed E-state index contributed by atoms with van der Waals surface area (Å²) in [6.45, 7) is 2.85. The Morgan fingerprint density at radius 3 is 2.26 bits per heavy atom. The van der Waals surface area contributed by atoms with Crippen molar-refractivity contribution in [3.63, 3.8) is 0 Å². The summed E-state index contributed by atoms with van der Waals surface area (Å²) >= 11 is 1.69. The lowest BCUT2D eigenvalue weighted by atomic mass is 9.91. The summed E-state index contributed by atoms with van der Waals surface area (Å²) in [5, 5.41) is 18.6. The van der Waals surface area contributed by atoms with Crippen molar-refractivity contribution in [2.24, 2.45) is 11.7 Å². The van der Waals surface area contributed by atoms with Gasteiger partial charge >= 0.3 is 0 Å². The first-order valence-electron chi connectivity index (χ1n) is 11.7. The summed E-state index contributed by atoms with van der Waals surface area (Å²) in [5.41, 5.74) is 12.1. The second kappa shape index (κ2) is 12.0. The molecule has 5 nitrogen and oxygen atoms in total. The summed E-state index contributed by atoms with van der Waals surface area (Å²) in [4.78, 5) is 0. The van der Waals surface area contributed by atoms with Gasteiger partial charge in [0.15, 0.2) is 6.29 Å². The molecule has 0 radical (unpaired) electrons. The van der Waals surface area contributed by atoms with Crippen molar-refractivity contribution in [3.05, 3.63) is 95.1 Å². The van der Waals surface area contributed by atoms with Crippen LogP contribution in [0.25, 0.3) is 11.1 Å². The molecule has 0 amide bonds. The van der Waals surface area contributed by atoms with E-state index in [1.165, 1.54) is 0 Å². The Labute approximate surface area is 205 Å². The highest BCUT2D eigenvalue weighted by Gasteiger charge is 2.38. The van der Waals surface area contributed by atoms with E-state index in [1.807, 2.05) is 36.4 Å². The fourth-order valence-electron chi connectivity index (χ4n) is 4.28. The molecular weight excluding hydrogens is 446 g/mol. The van der Waals surface area contributed by atoms with Crippen molar-refractivity contribution in [2.75, 3.05) is 18.1 Å². The minimum atomic E-state index is -0.483. The van der Waals surface area contributed by atoms with Gasteiger partial charge in [-0.2, -0.15) is 11.8 Å². The summed E-state index contributed by atoms with van der Waals surface area (Å²) in [6.07, 6.45) is -0.631. The lowest BCUT2D eigenvalue weighted by Gasteiger charge is -2.41. The van der Waals surface area contributed by atoms with Crippen molar-refractivity contribution >= 4 is 11.8 Å². The molecule has 3 aromatic rings. The Hall–Kier alpha value is -2.19. The number of aliphatic hydroxyl groups excluding tert-OH is 2. The van der Waals surface area contributed by atoms with Crippen LogP contribution in [0.2, 0.25) is 0 Å². The van der Waals surface area contributed by atoms with E-state index in [9.17, 15) is 10.2 Å². The highest BCUT2D eigenvalue weighted by atomic mass is 32.2. The molecule has 3 aromatic carbocycles. The van der Waals surface area contributed by atoms with Crippen LogP contribution in [0.3, 0.4) is 0 Å². The normalized spacial score (nSPS) is 22.6. The fourth-order valence-corrected chi connectivity index (χ4v) is 5.19. The van der Waals surface area contributed by atoms with Crippen molar-refractivity contribution in [1.29, 1.82) is 0 Å². The second-order valence-corrected chi connectivity index (χ2v) is 9.80. The molecule has 1 saturated heterocycles. The van der Waals surface area contributed by atoms with Crippen LogP contribution in [-0.4, -0.2) is 34.4 Å². The van der Waals surface area contributed by atoms with Crippen LogP contribution >= 0.6 is 11.8 Å². The predicted octanol–water partition coefficient (Wildman–Crippen LogP) is 4.82. The average Bonchev–Trinajstić information content (AvgIpc) is 2.90. The molecule has 4 rings (SSSR count). The lowest BCUT2D eigenvalue weighted by Crippen LogP contribution is -2.38. The molecule has 0 aliphatic carbocycles. The molecule has 1 aliphatic heterocycles. The Morgan fingerprint density at radius 2 is 1.59 bits per heavy atom. The average molecular weight is 480 g/mol. The zero-order valence-corrected chi connectivity index (χ0v) is 20.3. The van der Waals surface area contributed by atoms with E-state index in [1.54, 1.807) is 11.8 Å². The molecule has 4 atom stereocenters. The molecule has 0 spiro atoms. The summed E-state index contributed by atoms with van der Waals surface area (Å²) in [6, 6.07) is 24.5. The van der Waals surface area contributed by atoms with Crippen LogP contribution < -0.4 is 5.73 Å².